The molecular formula is C31H26F2N4O5S. The van der Waals surface area contributed by atoms with Gasteiger partial charge in [-0.25, -0.2) is 22.2 Å². The second-order valence-corrected chi connectivity index (χ2v) is 12.1. The number of anilines is 2. The van der Waals surface area contributed by atoms with Crippen molar-refractivity contribution in [2.45, 2.75) is 6.54 Å². The van der Waals surface area contributed by atoms with Crippen LogP contribution >= 0.6 is 0 Å². The predicted molar refractivity (Wildman–Crippen MR) is 160 cm³/mol. The van der Waals surface area contributed by atoms with Crippen molar-refractivity contribution in [1.29, 1.82) is 0 Å². The van der Waals surface area contributed by atoms with Gasteiger partial charge < -0.3 is 14.5 Å². The SMILES string of the molecule is CNCc1c(-c2ccc(F)cc2)oc2cc(N(C)S(C)(=O)=O)c(-c3ccc4c(n3)C(=O)N(c3cccc(F)c3)CO4)cc12. The fourth-order valence-corrected chi connectivity index (χ4v) is 5.55. The van der Waals surface area contributed by atoms with Gasteiger partial charge in [0.25, 0.3) is 5.91 Å². The van der Waals surface area contributed by atoms with Gasteiger partial charge in [0.2, 0.25) is 10.0 Å². The van der Waals surface area contributed by atoms with Gasteiger partial charge in [0.05, 0.1) is 23.3 Å². The summed E-state index contributed by atoms with van der Waals surface area (Å²) in [6.45, 7) is 0.270. The Morgan fingerprint density at radius 3 is 2.49 bits per heavy atom. The number of carbonyl (C=O) groups is 1. The molecule has 0 unspecified atom stereocenters. The molecule has 12 heteroatoms. The zero-order valence-electron chi connectivity index (χ0n) is 23.4. The zero-order valence-corrected chi connectivity index (χ0v) is 24.2. The predicted octanol–water partition coefficient (Wildman–Crippen LogP) is 5.55. The number of nitrogens with zero attached hydrogens (tertiary/aromatic N) is 3. The van der Waals surface area contributed by atoms with E-state index in [1.54, 1.807) is 49.5 Å². The minimum Gasteiger partial charge on any atom is -0.470 e. The van der Waals surface area contributed by atoms with Gasteiger partial charge in [-0.3, -0.25) is 14.0 Å². The van der Waals surface area contributed by atoms with E-state index in [1.807, 2.05) is 0 Å². The number of hydrogen-bond donors (Lipinski definition) is 1. The average Bonchev–Trinajstić information content (AvgIpc) is 3.33. The average molecular weight is 605 g/mol. The van der Waals surface area contributed by atoms with Crippen LogP contribution in [0.5, 0.6) is 5.75 Å². The van der Waals surface area contributed by atoms with E-state index in [9.17, 15) is 22.0 Å². The molecule has 0 saturated carbocycles. The van der Waals surface area contributed by atoms with Crippen molar-refractivity contribution in [2.75, 3.05) is 36.3 Å². The van der Waals surface area contributed by atoms with Crippen LogP contribution in [0.3, 0.4) is 0 Å². The topological polar surface area (TPSA) is 105 Å². The molecule has 0 bridgehead atoms. The molecule has 5 aromatic rings. The number of aromatic nitrogens is 1. The highest BCUT2D eigenvalue weighted by molar-refractivity contribution is 7.92. The quantitative estimate of drug-likeness (QED) is 0.260. The van der Waals surface area contributed by atoms with E-state index in [-0.39, 0.29) is 29.7 Å². The summed E-state index contributed by atoms with van der Waals surface area (Å²) in [5.74, 6) is -0.634. The number of ether oxygens (including phenoxy) is 1. The third-order valence-corrected chi connectivity index (χ3v) is 8.45. The van der Waals surface area contributed by atoms with Crippen LogP contribution in [0.2, 0.25) is 0 Å². The molecule has 0 aliphatic carbocycles. The number of carbonyl (C=O) groups excluding carboxylic acids is 1. The molecule has 0 radical (unpaired) electrons. The number of furan rings is 1. The molecule has 0 saturated heterocycles. The number of fused-ring (bicyclic) bond motifs is 2. The summed E-state index contributed by atoms with van der Waals surface area (Å²) in [6.07, 6.45) is 1.08. The Bertz CT molecular complexity index is 1990. The van der Waals surface area contributed by atoms with Crippen molar-refractivity contribution in [3.63, 3.8) is 0 Å². The smallest absolute Gasteiger partial charge is 0.283 e. The Morgan fingerprint density at radius 1 is 1.02 bits per heavy atom. The number of halogens is 2. The molecular weight excluding hydrogens is 578 g/mol. The summed E-state index contributed by atoms with van der Waals surface area (Å²) >= 11 is 0. The molecule has 2 aromatic heterocycles. The Hall–Kier alpha value is -4.81. The Labute approximate surface area is 246 Å². The summed E-state index contributed by atoms with van der Waals surface area (Å²) in [4.78, 5) is 19.4. The lowest BCUT2D eigenvalue weighted by Crippen LogP contribution is -2.39. The Kier molecular flexibility index (Phi) is 7.10. The van der Waals surface area contributed by atoms with Crippen molar-refractivity contribution in [1.82, 2.24) is 10.3 Å². The standard InChI is InChI=1S/C31H26F2N4O5S/c1-34-16-24-22-14-23(25-11-12-27-29(35-25)31(38)37(17-41-27)21-6-4-5-20(33)13-21)26(36(2)43(3,39)40)15-28(22)42-30(24)18-7-9-19(32)10-8-18/h4-15,34H,16-17H2,1-3H3. The Balaban J connectivity index is 1.54. The molecule has 0 spiro atoms. The number of pyridine rings is 1. The van der Waals surface area contributed by atoms with Gasteiger partial charge >= 0.3 is 0 Å². The molecule has 3 heterocycles. The van der Waals surface area contributed by atoms with Crippen LogP contribution in [0.1, 0.15) is 16.1 Å². The van der Waals surface area contributed by atoms with Gasteiger partial charge in [0.15, 0.2) is 18.2 Å². The molecule has 1 aliphatic rings. The zero-order chi connectivity index (χ0) is 30.5. The third kappa shape index (κ3) is 5.19. The number of amides is 1. The molecule has 0 atom stereocenters. The second kappa shape index (κ2) is 10.8. The molecule has 1 amide bonds. The fraction of sp³-hybridized carbons (Fsp3) is 0.161. The van der Waals surface area contributed by atoms with Crippen molar-refractivity contribution >= 4 is 38.3 Å². The van der Waals surface area contributed by atoms with Gasteiger partial charge in [-0.1, -0.05) is 6.07 Å². The van der Waals surface area contributed by atoms with Crippen LogP contribution in [0.25, 0.3) is 33.6 Å². The highest BCUT2D eigenvalue weighted by atomic mass is 32.2. The minimum atomic E-state index is -3.73. The highest BCUT2D eigenvalue weighted by Gasteiger charge is 2.30. The summed E-state index contributed by atoms with van der Waals surface area (Å²) in [6, 6.07) is 18.1. The summed E-state index contributed by atoms with van der Waals surface area (Å²) in [5, 5.41) is 3.80. The number of nitrogens with one attached hydrogen (secondary N) is 1. The molecule has 43 heavy (non-hydrogen) atoms. The minimum absolute atomic E-state index is 0.00397. The largest absolute Gasteiger partial charge is 0.470 e. The number of hydrogen-bond acceptors (Lipinski definition) is 7. The lowest BCUT2D eigenvalue weighted by Gasteiger charge is -2.28. The first-order valence-corrected chi connectivity index (χ1v) is 15.1. The normalized spacial score (nSPS) is 13.2. The van der Waals surface area contributed by atoms with Crippen molar-refractivity contribution in [3.8, 4) is 28.3 Å². The first-order chi connectivity index (χ1) is 20.5. The van der Waals surface area contributed by atoms with Crippen LogP contribution in [0, 0.1) is 11.6 Å². The molecule has 0 fully saturated rings. The summed E-state index contributed by atoms with van der Waals surface area (Å²) in [7, 11) is -0.536. The summed E-state index contributed by atoms with van der Waals surface area (Å²) in [5.41, 5.74) is 3.13. The molecule has 6 rings (SSSR count). The lowest BCUT2D eigenvalue weighted by atomic mass is 10.0. The van der Waals surface area contributed by atoms with Gasteiger partial charge in [0.1, 0.15) is 23.0 Å². The van der Waals surface area contributed by atoms with E-state index in [0.29, 0.717) is 45.8 Å². The van der Waals surface area contributed by atoms with E-state index in [0.717, 1.165) is 16.1 Å². The van der Waals surface area contributed by atoms with E-state index in [2.05, 4.69) is 10.3 Å². The molecule has 1 N–H and O–H groups in total. The molecule has 3 aromatic carbocycles. The molecule has 220 valence electrons. The number of sulfonamides is 1. The number of rotatable bonds is 7. The van der Waals surface area contributed by atoms with Crippen LogP contribution in [-0.4, -0.2) is 46.4 Å². The van der Waals surface area contributed by atoms with Crippen molar-refractivity contribution in [2.24, 2.45) is 0 Å². The molecule has 1 aliphatic heterocycles. The van der Waals surface area contributed by atoms with E-state index < -0.39 is 21.7 Å². The van der Waals surface area contributed by atoms with E-state index in [4.69, 9.17) is 9.15 Å². The Morgan fingerprint density at radius 2 is 1.79 bits per heavy atom. The van der Waals surface area contributed by atoms with Gasteiger partial charge in [0, 0.05) is 41.7 Å². The monoisotopic (exact) mass is 604 g/mol. The molecule has 9 nitrogen and oxygen atoms in total. The van der Waals surface area contributed by atoms with Crippen LogP contribution < -0.4 is 19.3 Å². The van der Waals surface area contributed by atoms with Crippen molar-refractivity contribution < 1.29 is 31.1 Å². The first kappa shape index (κ1) is 28.3. The summed E-state index contributed by atoms with van der Waals surface area (Å²) < 4.78 is 66.1. The maximum atomic E-state index is 13.9. The lowest BCUT2D eigenvalue weighted by molar-refractivity contribution is 0.0930. The maximum absolute atomic E-state index is 13.9. The maximum Gasteiger partial charge on any atom is 0.283 e. The van der Waals surface area contributed by atoms with Crippen LogP contribution in [-0.2, 0) is 16.6 Å². The fourth-order valence-electron chi connectivity index (χ4n) is 5.04. The first-order valence-electron chi connectivity index (χ1n) is 13.2. The van der Waals surface area contributed by atoms with Crippen LogP contribution in [0.4, 0.5) is 20.2 Å². The van der Waals surface area contributed by atoms with E-state index in [1.165, 1.54) is 42.3 Å². The highest BCUT2D eigenvalue weighted by Crippen LogP contribution is 2.41. The van der Waals surface area contributed by atoms with Crippen LogP contribution in [0.15, 0.2) is 77.2 Å². The van der Waals surface area contributed by atoms with Gasteiger partial charge in [-0.15, -0.1) is 0 Å². The second-order valence-electron chi connectivity index (χ2n) is 10.1. The van der Waals surface area contributed by atoms with Crippen molar-refractivity contribution in [3.05, 3.63) is 95.7 Å². The van der Waals surface area contributed by atoms with Gasteiger partial charge in [-0.2, -0.15) is 0 Å². The van der Waals surface area contributed by atoms with E-state index >= 15 is 0 Å². The third-order valence-electron chi connectivity index (χ3n) is 7.26. The van der Waals surface area contributed by atoms with Gasteiger partial charge in [-0.05, 0) is 67.7 Å². The number of benzene rings is 3.